The molecule has 0 aromatic carbocycles. The number of fused-ring (bicyclic) bond motifs is 1. The molecular formula is C15H23N3S2. The Labute approximate surface area is 129 Å². The molecule has 2 aromatic heterocycles. The van der Waals surface area contributed by atoms with Gasteiger partial charge in [0.05, 0.1) is 0 Å². The summed E-state index contributed by atoms with van der Waals surface area (Å²) in [4.78, 5) is 11.8. The van der Waals surface area contributed by atoms with E-state index in [4.69, 9.17) is 0 Å². The summed E-state index contributed by atoms with van der Waals surface area (Å²) in [5, 5.41) is 5.61. The van der Waals surface area contributed by atoms with E-state index in [1.807, 2.05) is 11.8 Å². The van der Waals surface area contributed by atoms with Gasteiger partial charge in [-0.3, -0.25) is 0 Å². The predicted octanol–water partition coefficient (Wildman–Crippen LogP) is 4.97. The Morgan fingerprint density at radius 3 is 2.75 bits per heavy atom. The maximum Gasteiger partial charge on any atom is 0.225 e. The highest BCUT2D eigenvalue weighted by Gasteiger charge is 2.11. The molecule has 0 unspecified atom stereocenters. The van der Waals surface area contributed by atoms with E-state index in [2.05, 4.69) is 42.1 Å². The normalized spacial score (nSPS) is 11.2. The summed E-state index contributed by atoms with van der Waals surface area (Å²) in [5.41, 5.74) is 0. The summed E-state index contributed by atoms with van der Waals surface area (Å²) in [7, 11) is 0. The monoisotopic (exact) mass is 309 g/mol. The van der Waals surface area contributed by atoms with Crippen molar-refractivity contribution >= 4 is 39.3 Å². The number of anilines is 1. The van der Waals surface area contributed by atoms with Crippen LogP contribution in [0.2, 0.25) is 0 Å². The largest absolute Gasteiger partial charge is 0.354 e. The van der Waals surface area contributed by atoms with Crippen LogP contribution in [0.25, 0.3) is 10.2 Å². The van der Waals surface area contributed by atoms with Crippen molar-refractivity contribution in [2.24, 2.45) is 0 Å². The summed E-state index contributed by atoms with van der Waals surface area (Å²) >= 11 is 3.66. The van der Waals surface area contributed by atoms with Gasteiger partial charge in [-0.25, -0.2) is 9.97 Å². The molecule has 110 valence electrons. The van der Waals surface area contributed by atoms with Crippen molar-refractivity contribution in [3.05, 3.63) is 10.9 Å². The summed E-state index contributed by atoms with van der Waals surface area (Å²) in [5.74, 6) is 1.91. The fraction of sp³-hybridized carbons (Fsp3) is 0.600. The topological polar surface area (TPSA) is 37.8 Å². The van der Waals surface area contributed by atoms with Gasteiger partial charge in [-0.15, -0.1) is 23.1 Å². The molecule has 0 bridgehead atoms. The number of rotatable bonds is 8. The lowest BCUT2D eigenvalue weighted by molar-refractivity contribution is 0.778. The Hall–Kier alpha value is -0.810. The van der Waals surface area contributed by atoms with E-state index >= 15 is 0 Å². The Morgan fingerprint density at radius 1 is 1.20 bits per heavy atom. The number of hydrogen-bond donors (Lipinski definition) is 1. The van der Waals surface area contributed by atoms with Crippen LogP contribution in [-0.2, 0) is 6.42 Å². The summed E-state index contributed by atoms with van der Waals surface area (Å²) in [6, 6.07) is 2.26. The van der Waals surface area contributed by atoms with Gasteiger partial charge in [0.25, 0.3) is 0 Å². The number of unbranched alkanes of at least 4 members (excludes halogenated alkanes) is 2. The van der Waals surface area contributed by atoms with Crippen LogP contribution in [0.5, 0.6) is 0 Å². The van der Waals surface area contributed by atoms with Crippen LogP contribution in [0.1, 0.15) is 44.9 Å². The zero-order chi connectivity index (χ0) is 14.4. The first-order chi connectivity index (χ1) is 9.78. The average molecular weight is 310 g/mol. The SMILES string of the molecule is CCCCCSc1nc(NCC)nc2sc(CC)cc12. The van der Waals surface area contributed by atoms with Crippen molar-refractivity contribution in [3.63, 3.8) is 0 Å². The van der Waals surface area contributed by atoms with Crippen LogP contribution in [0.3, 0.4) is 0 Å². The smallest absolute Gasteiger partial charge is 0.225 e. The van der Waals surface area contributed by atoms with Crippen molar-refractivity contribution in [3.8, 4) is 0 Å². The molecule has 2 aromatic rings. The lowest BCUT2D eigenvalue weighted by Crippen LogP contribution is -2.02. The van der Waals surface area contributed by atoms with Crippen LogP contribution in [0.15, 0.2) is 11.1 Å². The third-order valence-corrected chi connectivity index (χ3v) is 5.33. The van der Waals surface area contributed by atoms with Crippen molar-refractivity contribution in [2.45, 2.75) is 51.5 Å². The molecule has 2 heterocycles. The molecule has 2 rings (SSSR count). The van der Waals surface area contributed by atoms with Gasteiger partial charge >= 0.3 is 0 Å². The van der Waals surface area contributed by atoms with E-state index in [1.165, 1.54) is 29.5 Å². The Bertz CT molecular complexity index is 551. The first-order valence-corrected chi connectivity index (χ1v) is 9.25. The van der Waals surface area contributed by atoms with Gasteiger partial charge in [0.2, 0.25) is 5.95 Å². The number of hydrogen-bond acceptors (Lipinski definition) is 5. The highest BCUT2D eigenvalue weighted by Crippen LogP contribution is 2.33. The summed E-state index contributed by atoms with van der Waals surface area (Å²) in [6.45, 7) is 7.37. The molecule has 0 atom stereocenters. The van der Waals surface area contributed by atoms with Crippen LogP contribution in [0, 0.1) is 0 Å². The molecule has 5 heteroatoms. The number of aromatic nitrogens is 2. The molecule has 20 heavy (non-hydrogen) atoms. The zero-order valence-corrected chi connectivity index (χ0v) is 14.2. The van der Waals surface area contributed by atoms with E-state index in [0.29, 0.717) is 0 Å². The lowest BCUT2D eigenvalue weighted by atomic mass is 10.3. The molecule has 0 fully saturated rings. The third-order valence-electron chi connectivity index (χ3n) is 3.08. The van der Waals surface area contributed by atoms with E-state index in [0.717, 1.165) is 34.5 Å². The van der Waals surface area contributed by atoms with Crippen molar-refractivity contribution in [1.82, 2.24) is 9.97 Å². The predicted molar refractivity (Wildman–Crippen MR) is 91.2 cm³/mol. The molecule has 0 radical (unpaired) electrons. The van der Waals surface area contributed by atoms with Crippen LogP contribution in [-0.4, -0.2) is 22.3 Å². The minimum Gasteiger partial charge on any atom is -0.354 e. The minimum atomic E-state index is 0.766. The molecule has 0 spiro atoms. The van der Waals surface area contributed by atoms with Crippen LogP contribution >= 0.6 is 23.1 Å². The van der Waals surface area contributed by atoms with Crippen molar-refractivity contribution < 1.29 is 0 Å². The number of thioether (sulfide) groups is 1. The summed E-state index contributed by atoms with van der Waals surface area (Å²) in [6.07, 6.45) is 4.89. The second-order valence-corrected chi connectivity index (χ2v) is 6.92. The standard InChI is InChI=1S/C15H23N3S2/c1-4-7-8-9-19-13-12-10-11(5-2)20-14(12)18-15(17-13)16-6-3/h10H,4-9H2,1-3H3,(H,16,17,18). The van der Waals surface area contributed by atoms with Crippen LogP contribution < -0.4 is 5.32 Å². The number of nitrogens with zero attached hydrogens (tertiary/aromatic N) is 2. The molecule has 0 aliphatic carbocycles. The van der Waals surface area contributed by atoms with Gasteiger partial charge in [-0.2, -0.15) is 0 Å². The second-order valence-electron chi connectivity index (χ2n) is 4.72. The van der Waals surface area contributed by atoms with E-state index in [1.54, 1.807) is 11.3 Å². The van der Waals surface area contributed by atoms with Gasteiger partial charge in [0.1, 0.15) is 9.86 Å². The fourth-order valence-electron chi connectivity index (χ4n) is 1.99. The highest BCUT2D eigenvalue weighted by atomic mass is 32.2. The van der Waals surface area contributed by atoms with E-state index < -0.39 is 0 Å². The molecule has 3 nitrogen and oxygen atoms in total. The molecule has 0 saturated heterocycles. The third kappa shape index (κ3) is 3.85. The Morgan fingerprint density at radius 2 is 2.05 bits per heavy atom. The van der Waals surface area contributed by atoms with E-state index in [9.17, 15) is 0 Å². The van der Waals surface area contributed by atoms with Crippen LogP contribution in [0.4, 0.5) is 5.95 Å². The number of thiophene rings is 1. The van der Waals surface area contributed by atoms with Gasteiger partial charge in [-0.05, 0) is 31.6 Å². The maximum atomic E-state index is 4.68. The average Bonchev–Trinajstić information content (AvgIpc) is 2.87. The van der Waals surface area contributed by atoms with Gasteiger partial charge in [0, 0.05) is 16.8 Å². The number of aryl methyl sites for hydroxylation is 1. The maximum absolute atomic E-state index is 4.68. The molecule has 0 saturated carbocycles. The Kier molecular flexibility index (Phi) is 6.10. The second kappa shape index (κ2) is 7.84. The molecule has 0 aliphatic rings. The quantitative estimate of drug-likeness (QED) is 0.424. The lowest BCUT2D eigenvalue weighted by Gasteiger charge is -2.06. The van der Waals surface area contributed by atoms with E-state index in [-0.39, 0.29) is 0 Å². The molecular weight excluding hydrogens is 286 g/mol. The first-order valence-electron chi connectivity index (χ1n) is 7.45. The summed E-state index contributed by atoms with van der Waals surface area (Å²) < 4.78 is 0. The number of nitrogens with one attached hydrogen (secondary N) is 1. The molecule has 1 N–H and O–H groups in total. The van der Waals surface area contributed by atoms with Crippen molar-refractivity contribution in [2.75, 3.05) is 17.6 Å². The molecule has 0 aliphatic heterocycles. The van der Waals surface area contributed by atoms with Gasteiger partial charge in [0.15, 0.2) is 0 Å². The van der Waals surface area contributed by atoms with Gasteiger partial charge < -0.3 is 5.32 Å². The van der Waals surface area contributed by atoms with Crippen molar-refractivity contribution in [1.29, 1.82) is 0 Å². The highest BCUT2D eigenvalue weighted by molar-refractivity contribution is 7.99. The minimum absolute atomic E-state index is 0.766. The first kappa shape index (κ1) is 15.6. The zero-order valence-electron chi connectivity index (χ0n) is 12.5. The molecule has 0 amide bonds. The fourth-order valence-corrected chi connectivity index (χ4v) is 4.02. The Balaban J connectivity index is 2.25. The van der Waals surface area contributed by atoms with Gasteiger partial charge in [-0.1, -0.05) is 26.7 Å².